The zero-order valence-electron chi connectivity index (χ0n) is 17.2. The molecule has 0 saturated carbocycles. The number of carbonyl (C=O) groups excluding carboxylic acids is 1. The topological polar surface area (TPSA) is 46.1 Å². The summed E-state index contributed by atoms with van der Waals surface area (Å²) in [6, 6.07) is 17.9. The van der Waals surface area contributed by atoms with Gasteiger partial charge < -0.3 is 0 Å². The van der Waals surface area contributed by atoms with Gasteiger partial charge in [0.2, 0.25) is 0 Å². The van der Waals surface area contributed by atoms with Crippen molar-refractivity contribution in [3.8, 4) is 0 Å². The van der Waals surface area contributed by atoms with Gasteiger partial charge in [-0.15, -0.1) is 11.8 Å². The van der Waals surface area contributed by atoms with Crippen LogP contribution in [0, 0.1) is 0 Å². The van der Waals surface area contributed by atoms with Gasteiger partial charge >= 0.3 is 0 Å². The first-order valence-electron chi connectivity index (χ1n) is 9.81. The summed E-state index contributed by atoms with van der Waals surface area (Å²) >= 11 is 3.22. The second kappa shape index (κ2) is 8.98. The lowest BCUT2D eigenvalue weighted by Crippen LogP contribution is -2.30. The van der Waals surface area contributed by atoms with E-state index < -0.39 is 0 Å². The Bertz CT molecular complexity index is 1150. The lowest BCUT2D eigenvalue weighted by molar-refractivity contribution is 0.0985. The van der Waals surface area contributed by atoms with E-state index in [1.807, 2.05) is 42.7 Å². The average Bonchev–Trinajstić information content (AvgIpc) is 3.21. The minimum absolute atomic E-state index is 0.0586. The Labute approximate surface area is 185 Å². The summed E-state index contributed by atoms with van der Waals surface area (Å²) in [5, 5.41) is 0.709. The van der Waals surface area contributed by atoms with Gasteiger partial charge in [-0.05, 0) is 59.7 Å². The first-order valence-corrected chi connectivity index (χ1v) is 11.8. The largest absolute Gasteiger partial charge is 0.279 e. The summed E-state index contributed by atoms with van der Waals surface area (Å²) in [5.41, 5.74) is 3.80. The maximum atomic E-state index is 13.5. The molecule has 0 fully saturated rings. The molecule has 0 aliphatic rings. The number of hydrogen-bond acceptors (Lipinski definition) is 5. The summed E-state index contributed by atoms with van der Waals surface area (Å²) in [7, 11) is 0. The van der Waals surface area contributed by atoms with E-state index in [0.717, 1.165) is 20.7 Å². The van der Waals surface area contributed by atoms with E-state index in [2.05, 4.69) is 37.0 Å². The molecule has 0 unspecified atom stereocenters. The number of fused-ring (bicyclic) bond motifs is 1. The first-order chi connectivity index (χ1) is 14.6. The Kier molecular flexibility index (Phi) is 6.16. The van der Waals surface area contributed by atoms with Crippen LogP contribution in [0.4, 0.5) is 5.13 Å². The van der Waals surface area contributed by atoms with E-state index in [1.54, 1.807) is 40.4 Å². The van der Waals surface area contributed by atoms with Crippen LogP contribution in [0.5, 0.6) is 0 Å². The van der Waals surface area contributed by atoms with Crippen LogP contribution in [0.3, 0.4) is 0 Å². The highest BCUT2D eigenvalue weighted by molar-refractivity contribution is 7.98. The number of hydrogen-bond donors (Lipinski definition) is 0. The highest BCUT2D eigenvalue weighted by Crippen LogP contribution is 2.34. The zero-order valence-corrected chi connectivity index (χ0v) is 18.8. The monoisotopic (exact) mass is 433 g/mol. The quantitative estimate of drug-likeness (QED) is 0.331. The van der Waals surface area contributed by atoms with Crippen LogP contribution >= 0.6 is 23.1 Å². The predicted octanol–water partition coefficient (Wildman–Crippen LogP) is 6.38. The van der Waals surface area contributed by atoms with Gasteiger partial charge in [0.05, 0.1) is 16.8 Å². The summed E-state index contributed by atoms with van der Waals surface area (Å²) in [6.07, 6.45) is 5.56. The lowest BCUT2D eigenvalue weighted by Gasteiger charge is -2.20. The van der Waals surface area contributed by atoms with Crippen LogP contribution in [0.25, 0.3) is 10.2 Å². The van der Waals surface area contributed by atoms with Crippen LogP contribution in [0.2, 0.25) is 0 Å². The van der Waals surface area contributed by atoms with Gasteiger partial charge in [-0.3, -0.25) is 14.7 Å². The number of amides is 1. The zero-order chi connectivity index (χ0) is 21.1. The van der Waals surface area contributed by atoms with Crippen molar-refractivity contribution < 1.29 is 4.79 Å². The number of para-hydroxylation sites is 1. The molecule has 2 aromatic heterocycles. The summed E-state index contributed by atoms with van der Waals surface area (Å²) < 4.78 is 1.10. The Balaban J connectivity index is 1.77. The fourth-order valence-electron chi connectivity index (χ4n) is 3.33. The molecule has 0 aliphatic heterocycles. The van der Waals surface area contributed by atoms with Crippen molar-refractivity contribution in [1.82, 2.24) is 9.97 Å². The fourth-order valence-corrected chi connectivity index (χ4v) is 4.74. The summed E-state index contributed by atoms with van der Waals surface area (Å²) in [6.45, 7) is 4.76. The molecule has 0 N–H and O–H groups in total. The minimum Gasteiger partial charge on any atom is -0.279 e. The third kappa shape index (κ3) is 4.25. The van der Waals surface area contributed by atoms with Crippen LogP contribution in [-0.4, -0.2) is 22.1 Å². The average molecular weight is 434 g/mol. The summed E-state index contributed by atoms with van der Waals surface area (Å²) in [5.74, 6) is 0.307. The number of thioether (sulfide) groups is 1. The number of aromatic nitrogens is 2. The second-order valence-corrected chi connectivity index (χ2v) is 9.21. The van der Waals surface area contributed by atoms with Gasteiger partial charge in [-0.1, -0.05) is 43.4 Å². The van der Waals surface area contributed by atoms with Crippen molar-refractivity contribution in [2.75, 3.05) is 11.2 Å². The van der Waals surface area contributed by atoms with Crippen molar-refractivity contribution in [2.45, 2.75) is 31.2 Å². The predicted molar refractivity (Wildman–Crippen MR) is 127 cm³/mol. The van der Waals surface area contributed by atoms with Gasteiger partial charge in [0.25, 0.3) is 5.91 Å². The Morgan fingerprint density at radius 2 is 1.90 bits per heavy atom. The Morgan fingerprint density at radius 1 is 1.10 bits per heavy atom. The maximum absolute atomic E-state index is 13.5. The van der Waals surface area contributed by atoms with Crippen LogP contribution in [0.15, 0.2) is 71.9 Å². The molecule has 0 saturated heterocycles. The highest BCUT2D eigenvalue weighted by atomic mass is 32.2. The van der Waals surface area contributed by atoms with Crippen molar-refractivity contribution in [3.63, 3.8) is 0 Å². The second-order valence-electron chi connectivity index (χ2n) is 7.33. The molecule has 0 radical (unpaired) electrons. The molecule has 6 heteroatoms. The smallest absolute Gasteiger partial charge is 0.260 e. The number of pyridine rings is 1. The van der Waals surface area contributed by atoms with Crippen molar-refractivity contribution >= 4 is 44.4 Å². The van der Waals surface area contributed by atoms with E-state index in [9.17, 15) is 4.79 Å². The van der Waals surface area contributed by atoms with Crippen molar-refractivity contribution in [1.29, 1.82) is 0 Å². The number of benzene rings is 2. The molecule has 2 aromatic carbocycles. The van der Waals surface area contributed by atoms with Gasteiger partial charge in [0.15, 0.2) is 5.13 Å². The highest BCUT2D eigenvalue weighted by Gasteiger charge is 2.23. The van der Waals surface area contributed by atoms with E-state index in [4.69, 9.17) is 4.98 Å². The van der Waals surface area contributed by atoms with E-state index in [0.29, 0.717) is 23.2 Å². The molecule has 0 aliphatic carbocycles. The van der Waals surface area contributed by atoms with Crippen LogP contribution in [0.1, 0.15) is 41.3 Å². The number of thiazole rings is 1. The first kappa shape index (κ1) is 20.6. The minimum atomic E-state index is -0.0586. The van der Waals surface area contributed by atoms with Crippen LogP contribution < -0.4 is 4.90 Å². The van der Waals surface area contributed by atoms with E-state index >= 15 is 0 Å². The number of nitrogens with zero attached hydrogens (tertiary/aromatic N) is 3. The molecule has 2 heterocycles. The molecule has 4 aromatic rings. The van der Waals surface area contributed by atoms with Gasteiger partial charge in [-0.25, -0.2) is 4.98 Å². The van der Waals surface area contributed by atoms with Gasteiger partial charge in [-0.2, -0.15) is 0 Å². The Hall–Kier alpha value is -2.70. The number of carbonyl (C=O) groups is 1. The lowest BCUT2D eigenvalue weighted by atomic mass is 10.0. The van der Waals surface area contributed by atoms with Crippen molar-refractivity contribution in [3.05, 3.63) is 83.7 Å². The molecule has 0 atom stereocenters. The van der Waals surface area contributed by atoms with Gasteiger partial charge in [0.1, 0.15) is 0 Å². The van der Waals surface area contributed by atoms with Crippen LogP contribution in [-0.2, 0) is 6.54 Å². The van der Waals surface area contributed by atoms with Gasteiger partial charge in [0, 0.05) is 22.9 Å². The molecule has 4 nitrogen and oxygen atoms in total. The molecule has 152 valence electrons. The van der Waals surface area contributed by atoms with E-state index in [-0.39, 0.29) is 5.91 Å². The standard InChI is InChI=1S/C24H23N3OS2/c1-16(2)20-7-4-8-21-22(20)26-24(30-21)27(15-17-6-5-13-25-14-17)23(28)18-9-11-19(29-3)12-10-18/h4-14,16H,15H2,1-3H3. The molecule has 0 bridgehead atoms. The Morgan fingerprint density at radius 3 is 2.57 bits per heavy atom. The third-order valence-electron chi connectivity index (χ3n) is 4.94. The molecular weight excluding hydrogens is 410 g/mol. The fraction of sp³-hybridized carbons (Fsp3) is 0.208. The molecular formula is C24H23N3OS2. The SMILES string of the molecule is CSc1ccc(C(=O)N(Cc2cccnc2)c2nc3c(C(C)C)cccc3s2)cc1. The normalized spacial score (nSPS) is 11.2. The summed E-state index contributed by atoms with van der Waals surface area (Å²) in [4.78, 5) is 25.5. The van der Waals surface area contributed by atoms with Crippen molar-refractivity contribution in [2.24, 2.45) is 0 Å². The maximum Gasteiger partial charge on any atom is 0.260 e. The number of anilines is 1. The number of rotatable bonds is 6. The molecule has 0 spiro atoms. The molecule has 4 rings (SSSR count). The molecule has 1 amide bonds. The van der Waals surface area contributed by atoms with E-state index in [1.165, 1.54) is 5.56 Å². The third-order valence-corrected chi connectivity index (χ3v) is 6.72. The molecule has 30 heavy (non-hydrogen) atoms.